The van der Waals surface area contributed by atoms with Gasteiger partial charge in [-0.3, -0.25) is 4.90 Å². The van der Waals surface area contributed by atoms with Crippen molar-refractivity contribution in [1.29, 1.82) is 0 Å². The first-order valence-corrected chi connectivity index (χ1v) is 7.35. The molecule has 2 rings (SSSR count). The zero-order valence-corrected chi connectivity index (χ0v) is 12.5. The SMILES string of the molecule is CCNCc1ccoc1CN1CCCC(N(C)C)C1. The summed E-state index contributed by atoms with van der Waals surface area (Å²) in [5, 5.41) is 3.37. The summed E-state index contributed by atoms with van der Waals surface area (Å²) < 4.78 is 5.66. The third-order valence-electron chi connectivity index (χ3n) is 3.98. The van der Waals surface area contributed by atoms with Crippen LogP contribution in [0.25, 0.3) is 0 Å². The molecule has 1 aromatic heterocycles. The number of hydrogen-bond donors (Lipinski definition) is 1. The molecular weight excluding hydrogens is 238 g/mol. The van der Waals surface area contributed by atoms with E-state index in [2.05, 4.69) is 42.2 Å². The minimum absolute atomic E-state index is 0.681. The lowest BCUT2D eigenvalue weighted by Crippen LogP contribution is -2.44. The average Bonchev–Trinajstić information content (AvgIpc) is 2.84. The van der Waals surface area contributed by atoms with Crippen LogP contribution in [-0.2, 0) is 13.1 Å². The Bertz CT molecular complexity index is 375. The van der Waals surface area contributed by atoms with Crippen LogP contribution < -0.4 is 5.32 Å². The van der Waals surface area contributed by atoms with Crippen molar-refractivity contribution in [3.63, 3.8) is 0 Å². The van der Waals surface area contributed by atoms with Gasteiger partial charge in [-0.05, 0) is 46.1 Å². The largest absolute Gasteiger partial charge is 0.468 e. The van der Waals surface area contributed by atoms with Crippen molar-refractivity contribution in [3.8, 4) is 0 Å². The van der Waals surface area contributed by atoms with E-state index in [0.717, 1.165) is 31.9 Å². The maximum atomic E-state index is 5.66. The van der Waals surface area contributed by atoms with Crippen molar-refractivity contribution in [2.75, 3.05) is 33.7 Å². The molecule has 4 heteroatoms. The summed E-state index contributed by atoms with van der Waals surface area (Å²) in [4.78, 5) is 4.86. The molecule has 1 aliphatic rings. The van der Waals surface area contributed by atoms with Gasteiger partial charge in [-0.25, -0.2) is 0 Å². The minimum Gasteiger partial charge on any atom is -0.468 e. The molecule has 0 saturated carbocycles. The average molecular weight is 265 g/mol. The van der Waals surface area contributed by atoms with E-state index in [1.54, 1.807) is 0 Å². The molecule has 0 aromatic carbocycles. The minimum atomic E-state index is 0.681. The molecule has 0 radical (unpaired) electrons. The van der Waals surface area contributed by atoms with Gasteiger partial charge in [0.15, 0.2) is 0 Å². The van der Waals surface area contributed by atoms with Crippen LogP contribution in [0.2, 0.25) is 0 Å². The summed E-state index contributed by atoms with van der Waals surface area (Å²) in [7, 11) is 4.36. The van der Waals surface area contributed by atoms with Gasteiger partial charge >= 0.3 is 0 Å². The number of rotatable bonds is 6. The van der Waals surface area contributed by atoms with E-state index in [1.165, 1.54) is 24.9 Å². The first-order valence-electron chi connectivity index (χ1n) is 7.35. The standard InChI is InChI=1S/C15H27N3O/c1-4-16-10-13-7-9-19-15(13)12-18-8-5-6-14(11-18)17(2)3/h7,9,14,16H,4-6,8,10-12H2,1-3H3. The van der Waals surface area contributed by atoms with E-state index in [9.17, 15) is 0 Å². The number of hydrogen-bond acceptors (Lipinski definition) is 4. The van der Waals surface area contributed by atoms with Gasteiger partial charge in [0, 0.05) is 24.7 Å². The molecule has 1 N–H and O–H groups in total. The third-order valence-corrected chi connectivity index (χ3v) is 3.98. The van der Waals surface area contributed by atoms with E-state index in [4.69, 9.17) is 4.42 Å². The van der Waals surface area contributed by atoms with Crippen LogP contribution in [0.3, 0.4) is 0 Å². The number of likely N-dealkylation sites (tertiary alicyclic amines) is 1. The zero-order chi connectivity index (χ0) is 13.7. The van der Waals surface area contributed by atoms with Crippen molar-refractivity contribution in [3.05, 3.63) is 23.7 Å². The Balaban J connectivity index is 1.91. The molecule has 0 aliphatic carbocycles. The number of piperidine rings is 1. The highest BCUT2D eigenvalue weighted by Gasteiger charge is 2.22. The van der Waals surface area contributed by atoms with Gasteiger partial charge in [0.1, 0.15) is 5.76 Å². The second kappa shape index (κ2) is 7.08. The molecule has 1 fully saturated rings. The Morgan fingerprint density at radius 2 is 2.32 bits per heavy atom. The molecule has 1 aliphatic heterocycles. The van der Waals surface area contributed by atoms with Crippen LogP contribution in [0.1, 0.15) is 31.1 Å². The Morgan fingerprint density at radius 3 is 3.05 bits per heavy atom. The van der Waals surface area contributed by atoms with Crippen molar-refractivity contribution in [2.45, 2.75) is 38.9 Å². The second-order valence-electron chi connectivity index (χ2n) is 5.64. The monoisotopic (exact) mass is 265 g/mol. The first kappa shape index (κ1) is 14.6. The summed E-state index contributed by atoms with van der Waals surface area (Å²) >= 11 is 0. The summed E-state index contributed by atoms with van der Waals surface area (Å²) in [6.07, 6.45) is 4.41. The molecule has 108 valence electrons. The van der Waals surface area contributed by atoms with Gasteiger partial charge in [-0.2, -0.15) is 0 Å². The van der Waals surface area contributed by atoms with Gasteiger partial charge < -0.3 is 14.6 Å². The molecule has 1 aromatic rings. The van der Waals surface area contributed by atoms with Crippen LogP contribution in [0.4, 0.5) is 0 Å². The van der Waals surface area contributed by atoms with E-state index in [0.29, 0.717) is 6.04 Å². The fraction of sp³-hybridized carbons (Fsp3) is 0.733. The predicted octanol–water partition coefficient (Wildman–Crippen LogP) is 1.92. The van der Waals surface area contributed by atoms with E-state index in [1.807, 2.05) is 6.26 Å². The molecule has 19 heavy (non-hydrogen) atoms. The van der Waals surface area contributed by atoms with Crippen molar-refractivity contribution < 1.29 is 4.42 Å². The lowest BCUT2D eigenvalue weighted by molar-refractivity contribution is 0.121. The quantitative estimate of drug-likeness (QED) is 0.851. The van der Waals surface area contributed by atoms with E-state index < -0.39 is 0 Å². The molecule has 1 saturated heterocycles. The van der Waals surface area contributed by atoms with Crippen molar-refractivity contribution >= 4 is 0 Å². The van der Waals surface area contributed by atoms with Crippen LogP contribution >= 0.6 is 0 Å². The van der Waals surface area contributed by atoms with Crippen molar-refractivity contribution in [2.24, 2.45) is 0 Å². The summed E-state index contributed by atoms with van der Waals surface area (Å²) in [6.45, 7) is 7.31. The van der Waals surface area contributed by atoms with Crippen molar-refractivity contribution in [1.82, 2.24) is 15.1 Å². The Labute approximate surface area is 116 Å². The molecule has 0 spiro atoms. The molecule has 4 nitrogen and oxygen atoms in total. The normalized spacial score (nSPS) is 21.2. The second-order valence-corrected chi connectivity index (χ2v) is 5.64. The maximum Gasteiger partial charge on any atom is 0.122 e. The fourth-order valence-electron chi connectivity index (χ4n) is 2.72. The van der Waals surface area contributed by atoms with Crippen LogP contribution in [-0.4, -0.2) is 49.6 Å². The lowest BCUT2D eigenvalue weighted by atomic mass is 10.0. The Morgan fingerprint density at radius 1 is 1.47 bits per heavy atom. The molecule has 1 atom stereocenters. The smallest absolute Gasteiger partial charge is 0.122 e. The summed E-state index contributed by atoms with van der Waals surface area (Å²) in [5.41, 5.74) is 1.30. The number of furan rings is 1. The summed E-state index contributed by atoms with van der Waals surface area (Å²) in [6, 6.07) is 2.77. The molecular formula is C15H27N3O. The van der Waals surface area contributed by atoms with Gasteiger partial charge in [0.25, 0.3) is 0 Å². The zero-order valence-electron chi connectivity index (χ0n) is 12.5. The van der Waals surface area contributed by atoms with Crippen LogP contribution in [0, 0.1) is 0 Å². The van der Waals surface area contributed by atoms with Gasteiger partial charge in [0.2, 0.25) is 0 Å². The maximum absolute atomic E-state index is 5.66. The number of nitrogens with zero attached hydrogens (tertiary/aromatic N) is 2. The highest BCUT2D eigenvalue weighted by Crippen LogP contribution is 2.19. The van der Waals surface area contributed by atoms with Gasteiger partial charge in [-0.1, -0.05) is 6.92 Å². The third kappa shape index (κ3) is 4.06. The Hall–Kier alpha value is -0.840. The van der Waals surface area contributed by atoms with Crippen LogP contribution in [0.5, 0.6) is 0 Å². The predicted molar refractivity (Wildman–Crippen MR) is 78.1 cm³/mol. The van der Waals surface area contributed by atoms with Gasteiger partial charge in [-0.15, -0.1) is 0 Å². The lowest BCUT2D eigenvalue weighted by Gasteiger charge is -2.35. The van der Waals surface area contributed by atoms with E-state index >= 15 is 0 Å². The topological polar surface area (TPSA) is 31.7 Å². The number of nitrogens with one attached hydrogen (secondary N) is 1. The fourth-order valence-corrected chi connectivity index (χ4v) is 2.72. The Kier molecular flexibility index (Phi) is 5.43. The number of likely N-dealkylation sites (N-methyl/N-ethyl adjacent to an activating group) is 1. The highest BCUT2D eigenvalue weighted by atomic mass is 16.3. The molecule has 0 amide bonds. The molecule has 2 heterocycles. The highest BCUT2D eigenvalue weighted by molar-refractivity contribution is 5.16. The molecule has 0 bridgehead atoms. The van der Waals surface area contributed by atoms with Crippen LogP contribution in [0.15, 0.2) is 16.7 Å². The molecule has 1 unspecified atom stereocenters. The summed E-state index contributed by atoms with van der Waals surface area (Å²) in [5.74, 6) is 1.13. The van der Waals surface area contributed by atoms with E-state index in [-0.39, 0.29) is 0 Å². The van der Waals surface area contributed by atoms with Gasteiger partial charge in [0.05, 0.1) is 12.8 Å². The first-order chi connectivity index (χ1) is 9.20.